The molecule has 1 aromatic heterocycles. The molecule has 0 atom stereocenters. The van der Waals surface area contributed by atoms with Gasteiger partial charge < -0.3 is 10.6 Å². The summed E-state index contributed by atoms with van der Waals surface area (Å²) in [5, 5.41) is 10.3. The lowest BCUT2D eigenvalue weighted by Gasteiger charge is -2.05. The number of carbonyl (C=O) groups excluding carboxylic acids is 1. The molecule has 2 N–H and O–H groups in total. The zero-order chi connectivity index (χ0) is 12.7. The third kappa shape index (κ3) is 4.56. The zero-order valence-electron chi connectivity index (χ0n) is 10.9. The first-order valence-corrected chi connectivity index (χ1v) is 6.16. The van der Waals surface area contributed by atoms with Crippen LogP contribution in [0.25, 0.3) is 0 Å². The maximum atomic E-state index is 11.5. The SMILES string of the molecule is CCCNCC(=O)NCc1cn(C)nc1CC. The fourth-order valence-corrected chi connectivity index (χ4v) is 1.66. The molecule has 0 aliphatic rings. The molecule has 1 amide bonds. The Morgan fingerprint density at radius 1 is 1.47 bits per heavy atom. The van der Waals surface area contributed by atoms with Gasteiger partial charge in [-0.3, -0.25) is 9.48 Å². The molecule has 0 aromatic carbocycles. The van der Waals surface area contributed by atoms with Gasteiger partial charge in [-0.2, -0.15) is 5.10 Å². The van der Waals surface area contributed by atoms with Crippen LogP contribution in [0.1, 0.15) is 31.5 Å². The van der Waals surface area contributed by atoms with Crippen molar-refractivity contribution in [3.05, 3.63) is 17.5 Å². The molecule has 1 heterocycles. The third-order valence-corrected chi connectivity index (χ3v) is 2.52. The molecule has 0 aliphatic heterocycles. The molecule has 5 heteroatoms. The van der Waals surface area contributed by atoms with Crippen LogP contribution in [0.5, 0.6) is 0 Å². The van der Waals surface area contributed by atoms with Gasteiger partial charge in [-0.25, -0.2) is 0 Å². The van der Waals surface area contributed by atoms with E-state index in [2.05, 4.69) is 29.6 Å². The van der Waals surface area contributed by atoms with Crippen LogP contribution in [0.2, 0.25) is 0 Å². The lowest BCUT2D eigenvalue weighted by molar-refractivity contribution is -0.120. The number of amides is 1. The van der Waals surface area contributed by atoms with Gasteiger partial charge in [0, 0.05) is 25.4 Å². The Bertz CT molecular complexity index is 359. The maximum Gasteiger partial charge on any atom is 0.234 e. The number of aromatic nitrogens is 2. The van der Waals surface area contributed by atoms with Gasteiger partial charge in [0.15, 0.2) is 0 Å². The lowest BCUT2D eigenvalue weighted by Crippen LogP contribution is -2.33. The van der Waals surface area contributed by atoms with Gasteiger partial charge in [-0.1, -0.05) is 13.8 Å². The van der Waals surface area contributed by atoms with E-state index >= 15 is 0 Å². The molecule has 5 nitrogen and oxygen atoms in total. The summed E-state index contributed by atoms with van der Waals surface area (Å²) < 4.78 is 1.79. The molecule has 1 aromatic rings. The van der Waals surface area contributed by atoms with Crippen LogP contribution in [0.3, 0.4) is 0 Å². The molecule has 0 aliphatic carbocycles. The summed E-state index contributed by atoms with van der Waals surface area (Å²) in [5.74, 6) is 0.0318. The van der Waals surface area contributed by atoms with Crippen molar-refractivity contribution in [2.75, 3.05) is 13.1 Å². The quantitative estimate of drug-likeness (QED) is 0.684. The van der Waals surface area contributed by atoms with Crippen LogP contribution < -0.4 is 10.6 Å². The fourth-order valence-electron chi connectivity index (χ4n) is 1.66. The molecule has 96 valence electrons. The van der Waals surface area contributed by atoms with E-state index in [0.29, 0.717) is 13.1 Å². The molecule has 0 bridgehead atoms. The molecule has 0 unspecified atom stereocenters. The minimum Gasteiger partial charge on any atom is -0.351 e. The number of hydrogen-bond donors (Lipinski definition) is 2. The van der Waals surface area contributed by atoms with Gasteiger partial charge in [-0.05, 0) is 19.4 Å². The van der Waals surface area contributed by atoms with Gasteiger partial charge in [0.1, 0.15) is 0 Å². The van der Waals surface area contributed by atoms with Crippen molar-refractivity contribution in [3.63, 3.8) is 0 Å². The summed E-state index contributed by atoms with van der Waals surface area (Å²) in [5.41, 5.74) is 2.15. The fraction of sp³-hybridized carbons (Fsp3) is 0.667. The summed E-state index contributed by atoms with van der Waals surface area (Å²) in [7, 11) is 1.90. The zero-order valence-corrected chi connectivity index (χ0v) is 10.9. The van der Waals surface area contributed by atoms with Crippen LogP contribution in [-0.2, 0) is 24.8 Å². The van der Waals surface area contributed by atoms with Gasteiger partial charge in [0.2, 0.25) is 5.91 Å². The maximum absolute atomic E-state index is 11.5. The summed E-state index contributed by atoms with van der Waals surface area (Å²) in [6.07, 6.45) is 3.88. The molecule has 0 radical (unpaired) electrons. The Labute approximate surface area is 103 Å². The van der Waals surface area contributed by atoms with Crippen LogP contribution >= 0.6 is 0 Å². The third-order valence-electron chi connectivity index (χ3n) is 2.52. The number of aryl methyl sites for hydroxylation is 2. The highest BCUT2D eigenvalue weighted by Gasteiger charge is 2.07. The first-order valence-electron chi connectivity index (χ1n) is 6.16. The predicted molar refractivity (Wildman–Crippen MR) is 67.6 cm³/mol. The van der Waals surface area contributed by atoms with Gasteiger partial charge in [0.25, 0.3) is 0 Å². The summed E-state index contributed by atoms with van der Waals surface area (Å²) in [4.78, 5) is 11.5. The minimum absolute atomic E-state index is 0.0318. The number of hydrogen-bond acceptors (Lipinski definition) is 3. The standard InChI is InChI=1S/C12H22N4O/c1-4-6-13-8-12(17)14-7-10-9-16(3)15-11(10)5-2/h9,13H,4-8H2,1-3H3,(H,14,17). The van der Waals surface area contributed by atoms with Crippen LogP contribution in [0, 0.1) is 0 Å². The second-order valence-electron chi connectivity index (χ2n) is 4.08. The summed E-state index contributed by atoms with van der Waals surface area (Å²) in [6, 6.07) is 0. The van der Waals surface area contributed by atoms with Gasteiger partial charge in [0.05, 0.1) is 12.2 Å². The average Bonchev–Trinajstić information content (AvgIpc) is 2.67. The molecular formula is C12H22N4O. The Kier molecular flexibility index (Phi) is 5.69. The highest BCUT2D eigenvalue weighted by Crippen LogP contribution is 2.06. The smallest absolute Gasteiger partial charge is 0.234 e. The summed E-state index contributed by atoms with van der Waals surface area (Å²) >= 11 is 0. The molecule has 1 rings (SSSR count). The van der Waals surface area contributed by atoms with E-state index in [9.17, 15) is 4.79 Å². The number of rotatable bonds is 7. The van der Waals surface area contributed by atoms with Crippen molar-refractivity contribution in [2.45, 2.75) is 33.2 Å². The topological polar surface area (TPSA) is 59.0 Å². The first-order chi connectivity index (χ1) is 8.17. The first kappa shape index (κ1) is 13.7. The highest BCUT2D eigenvalue weighted by molar-refractivity contribution is 5.77. The monoisotopic (exact) mass is 238 g/mol. The van der Waals surface area contributed by atoms with E-state index in [1.54, 1.807) is 4.68 Å². The second-order valence-corrected chi connectivity index (χ2v) is 4.08. The van der Waals surface area contributed by atoms with E-state index in [-0.39, 0.29) is 5.91 Å². The lowest BCUT2D eigenvalue weighted by atomic mass is 10.2. The highest BCUT2D eigenvalue weighted by atomic mass is 16.1. The Hall–Kier alpha value is -1.36. The predicted octanol–water partition coefficient (Wildman–Crippen LogP) is 0.598. The van der Waals surface area contributed by atoms with Crippen molar-refractivity contribution >= 4 is 5.91 Å². The molecule has 0 spiro atoms. The number of nitrogens with zero attached hydrogens (tertiary/aromatic N) is 2. The molecular weight excluding hydrogens is 216 g/mol. The van der Waals surface area contributed by atoms with Crippen molar-refractivity contribution in [1.29, 1.82) is 0 Å². The van der Waals surface area contributed by atoms with Crippen molar-refractivity contribution in [3.8, 4) is 0 Å². The van der Waals surface area contributed by atoms with Crippen molar-refractivity contribution in [1.82, 2.24) is 20.4 Å². The van der Waals surface area contributed by atoms with Crippen LogP contribution in [-0.4, -0.2) is 28.8 Å². The van der Waals surface area contributed by atoms with Gasteiger partial charge in [-0.15, -0.1) is 0 Å². The van der Waals surface area contributed by atoms with E-state index in [1.165, 1.54) is 0 Å². The number of nitrogens with one attached hydrogen (secondary N) is 2. The van der Waals surface area contributed by atoms with E-state index < -0.39 is 0 Å². The van der Waals surface area contributed by atoms with E-state index in [4.69, 9.17) is 0 Å². The van der Waals surface area contributed by atoms with Crippen LogP contribution in [0.4, 0.5) is 0 Å². The molecule has 0 saturated heterocycles. The second kappa shape index (κ2) is 7.06. The normalized spacial score (nSPS) is 10.5. The van der Waals surface area contributed by atoms with Crippen LogP contribution in [0.15, 0.2) is 6.20 Å². The van der Waals surface area contributed by atoms with E-state index in [1.807, 2.05) is 13.2 Å². The van der Waals surface area contributed by atoms with Crippen molar-refractivity contribution < 1.29 is 4.79 Å². The molecule has 17 heavy (non-hydrogen) atoms. The Morgan fingerprint density at radius 3 is 2.88 bits per heavy atom. The molecule has 0 saturated carbocycles. The Morgan fingerprint density at radius 2 is 2.24 bits per heavy atom. The largest absolute Gasteiger partial charge is 0.351 e. The summed E-state index contributed by atoms with van der Waals surface area (Å²) in [6.45, 7) is 5.96. The molecule has 0 fully saturated rings. The van der Waals surface area contributed by atoms with E-state index in [0.717, 1.165) is 30.6 Å². The minimum atomic E-state index is 0.0318. The number of carbonyl (C=O) groups is 1. The van der Waals surface area contributed by atoms with Crippen molar-refractivity contribution in [2.24, 2.45) is 7.05 Å². The van der Waals surface area contributed by atoms with Gasteiger partial charge >= 0.3 is 0 Å². The Balaban J connectivity index is 2.36. The average molecular weight is 238 g/mol.